The zero-order chi connectivity index (χ0) is 24.4. The zero-order valence-corrected chi connectivity index (χ0v) is 19.9. The van der Waals surface area contributed by atoms with E-state index in [1.165, 1.54) is 16.3 Å². The average molecular weight is 468 g/mol. The molecule has 1 unspecified atom stereocenters. The number of nitrogens with one attached hydrogen (secondary N) is 1. The van der Waals surface area contributed by atoms with Gasteiger partial charge in [-0.1, -0.05) is 66.7 Å². The minimum absolute atomic E-state index is 0.0393. The van der Waals surface area contributed by atoms with Gasteiger partial charge in [-0.25, -0.2) is 4.79 Å². The van der Waals surface area contributed by atoms with Gasteiger partial charge in [0, 0.05) is 29.6 Å². The largest absolute Gasteiger partial charge is 0.496 e. The lowest BCUT2D eigenvalue weighted by molar-refractivity contribution is 0.0696. The summed E-state index contributed by atoms with van der Waals surface area (Å²) in [4.78, 5) is 11.5. The zero-order valence-electron chi connectivity index (χ0n) is 19.9. The molecule has 0 amide bonds. The van der Waals surface area contributed by atoms with Crippen LogP contribution in [0.3, 0.4) is 0 Å². The van der Waals surface area contributed by atoms with E-state index in [4.69, 9.17) is 9.47 Å². The summed E-state index contributed by atoms with van der Waals surface area (Å²) < 4.78 is 12.0. The predicted molar refractivity (Wildman–Crippen MR) is 138 cm³/mol. The van der Waals surface area contributed by atoms with Crippen LogP contribution < -0.4 is 14.8 Å². The van der Waals surface area contributed by atoms with E-state index in [9.17, 15) is 9.90 Å². The number of fused-ring (bicyclic) bond motifs is 2. The minimum Gasteiger partial charge on any atom is -0.496 e. The van der Waals surface area contributed by atoms with Crippen molar-refractivity contribution >= 4 is 16.7 Å². The van der Waals surface area contributed by atoms with Crippen LogP contribution in [0.5, 0.6) is 11.5 Å². The Kier molecular flexibility index (Phi) is 6.43. The topological polar surface area (TPSA) is 67.8 Å². The predicted octanol–water partition coefficient (Wildman–Crippen LogP) is 6.18. The molecule has 0 aliphatic carbocycles. The molecular formula is C30H29NO4. The summed E-state index contributed by atoms with van der Waals surface area (Å²) in [5.74, 6) is 0.518. The first kappa shape index (κ1) is 22.9. The van der Waals surface area contributed by atoms with Crippen molar-refractivity contribution < 1.29 is 19.4 Å². The van der Waals surface area contributed by atoms with Crippen molar-refractivity contribution in [2.75, 3.05) is 13.7 Å². The Morgan fingerprint density at radius 1 is 1.03 bits per heavy atom. The number of aromatic carboxylic acids is 1. The van der Waals surface area contributed by atoms with E-state index in [1.54, 1.807) is 19.2 Å². The summed E-state index contributed by atoms with van der Waals surface area (Å²) in [6.07, 6.45) is 0.714. The van der Waals surface area contributed by atoms with Gasteiger partial charge in [-0.3, -0.25) is 0 Å². The molecule has 5 nitrogen and oxygen atoms in total. The molecule has 0 spiro atoms. The summed E-state index contributed by atoms with van der Waals surface area (Å²) in [5, 5.41) is 15.6. The van der Waals surface area contributed by atoms with Gasteiger partial charge in [0.05, 0.1) is 12.7 Å². The molecule has 1 aliphatic heterocycles. The molecule has 0 bridgehead atoms. The van der Waals surface area contributed by atoms with E-state index >= 15 is 0 Å². The van der Waals surface area contributed by atoms with Gasteiger partial charge in [-0.2, -0.15) is 0 Å². The van der Waals surface area contributed by atoms with E-state index < -0.39 is 5.97 Å². The molecule has 0 fully saturated rings. The van der Waals surface area contributed by atoms with Crippen molar-refractivity contribution in [1.29, 1.82) is 0 Å². The Hall–Kier alpha value is -3.83. The highest BCUT2D eigenvalue weighted by Crippen LogP contribution is 2.43. The van der Waals surface area contributed by atoms with Gasteiger partial charge < -0.3 is 19.9 Å². The first-order valence-corrected chi connectivity index (χ1v) is 11.9. The maximum Gasteiger partial charge on any atom is 0.335 e. The molecule has 35 heavy (non-hydrogen) atoms. The highest BCUT2D eigenvalue weighted by Gasteiger charge is 2.31. The molecular weight excluding hydrogens is 438 g/mol. The van der Waals surface area contributed by atoms with Crippen LogP contribution in [0.4, 0.5) is 0 Å². The molecule has 0 radical (unpaired) electrons. The van der Waals surface area contributed by atoms with Crippen molar-refractivity contribution in [3.63, 3.8) is 0 Å². The van der Waals surface area contributed by atoms with Crippen molar-refractivity contribution in [2.24, 2.45) is 0 Å². The fraction of sp³-hybridized carbons (Fsp3) is 0.233. The van der Waals surface area contributed by atoms with Gasteiger partial charge in [0.2, 0.25) is 0 Å². The van der Waals surface area contributed by atoms with E-state index in [1.807, 2.05) is 24.3 Å². The van der Waals surface area contributed by atoms with Crippen molar-refractivity contribution in [1.82, 2.24) is 5.32 Å². The van der Waals surface area contributed by atoms with E-state index in [0.717, 1.165) is 23.3 Å². The Balaban J connectivity index is 1.40. The number of carbonyl (C=O) groups is 1. The Morgan fingerprint density at radius 2 is 1.80 bits per heavy atom. The van der Waals surface area contributed by atoms with E-state index in [0.29, 0.717) is 12.3 Å². The van der Waals surface area contributed by atoms with Gasteiger partial charge in [0.15, 0.2) is 0 Å². The molecule has 5 heteroatoms. The number of para-hydroxylation sites is 1. The van der Waals surface area contributed by atoms with Gasteiger partial charge in [-0.05, 0) is 47.9 Å². The molecule has 2 N–H and O–H groups in total. The number of carboxylic acid groups (broad SMARTS) is 1. The monoisotopic (exact) mass is 467 g/mol. The number of hydrogen-bond acceptors (Lipinski definition) is 4. The van der Waals surface area contributed by atoms with Crippen LogP contribution >= 0.6 is 0 Å². The van der Waals surface area contributed by atoms with Crippen molar-refractivity contribution in [3.8, 4) is 11.5 Å². The highest BCUT2D eigenvalue weighted by atomic mass is 16.5. The first-order chi connectivity index (χ1) is 17.0. The summed E-state index contributed by atoms with van der Waals surface area (Å²) in [5.41, 5.74) is 3.54. The lowest BCUT2D eigenvalue weighted by atomic mass is 9.83. The minimum atomic E-state index is -0.966. The second-order valence-corrected chi connectivity index (χ2v) is 9.03. The Labute approximate surface area is 205 Å². The molecule has 3 atom stereocenters. The SMILES string of the molecule is COc1cc(C(=O)O)ccc1[C@H]1C[C@H](CNC(C)c2cccc3ccccc23)Oc2ccccc21. The molecule has 1 aliphatic rings. The number of hydrogen-bond donors (Lipinski definition) is 2. The quantitative estimate of drug-likeness (QED) is 0.340. The number of methoxy groups -OCH3 is 1. The molecule has 0 aromatic heterocycles. The van der Waals surface area contributed by atoms with Crippen LogP contribution in [0.25, 0.3) is 10.8 Å². The molecule has 0 saturated heterocycles. The van der Waals surface area contributed by atoms with Crippen LogP contribution in [0.1, 0.15) is 52.4 Å². The summed E-state index contributed by atoms with van der Waals surface area (Å²) in [6, 6.07) is 28.2. The molecule has 178 valence electrons. The number of rotatable bonds is 7. The van der Waals surface area contributed by atoms with Gasteiger partial charge in [0.1, 0.15) is 17.6 Å². The molecule has 1 heterocycles. The van der Waals surface area contributed by atoms with Crippen LogP contribution in [-0.2, 0) is 0 Å². The lowest BCUT2D eigenvalue weighted by Crippen LogP contribution is -2.37. The van der Waals surface area contributed by atoms with Crippen LogP contribution in [0.2, 0.25) is 0 Å². The van der Waals surface area contributed by atoms with Crippen molar-refractivity contribution in [2.45, 2.75) is 31.4 Å². The maximum atomic E-state index is 11.5. The number of benzene rings is 4. The first-order valence-electron chi connectivity index (χ1n) is 11.9. The third-order valence-corrected chi connectivity index (χ3v) is 6.88. The van der Waals surface area contributed by atoms with Crippen LogP contribution in [0, 0.1) is 0 Å². The number of ether oxygens (including phenoxy) is 2. The van der Waals surface area contributed by atoms with Gasteiger partial charge in [0.25, 0.3) is 0 Å². The van der Waals surface area contributed by atoms with Gasteiger partial charge >= 0.3 is 5.97 Å². The normalized spacial score (nSPS) is 17.9. The Morgan fingerprint density at radius 3 is 2.63 bits per heavy atom. The Bertz CT molecular complexity index is 1360. The highest BCUT2D eigenvalue weighted by molar-refractivity contribution is 5.88. The van der Waals surface area contributed by atoms with Crippen LogP contribution in [-0.4, -0.2) is 30.8 Å². The van der Waals surface area contributed by atoms with E-state index in [2.05, 4.69) is 60.8 Å². The summed E-state index contributed by atoms with van der Waals surface area (Å²) in [7, 11) is 1.58. The second-order valence-electron chi connectivity index (χ2n) is 9.03. The van der Waals surface area contributed by atoms with E-state index in [-0.39, 0.29) is 23.6 Å². The molecule has 5 rings (SSSR count). The molecule has 4 aromatic rings. The fourth-order valence-electron chi connectivity index (χ4n) is 5.09. The maximum absolute atomic E-state index is 11.5. The molecule has 0 saturated carbocycles. The summed E-state index contributed by atoms with van der Waals surface area (Å²) in [6.45, 7) is 2.87. The third kappa shape index (κ3) is 4.60. The third-order valence-electron chi connectivity index (χ3n) is 6.88. The molecule has 4 aromatic carbocycles. The smallest absolute Gasteiger partial charge is 0.335 e. The average Bonchev–Trinajstić information content (AvgIpc) is 2.90. The second kappa shape index (κ2) is 9.80. The fourth-order valence-corrected chi connectivity index (χ4v) is 5.09. The lowest BCUT2D eigenvalue weighted by Gasteiger charge is -2.34. The van der Waals surface area contributed by atoms with Crippen LogP contribution in [0.15, 0.2) is 84.9 Å². The standard InChI is InChI=1S/C30H29NO4/c1-19(23-12-7-9-20-8-3-4-10-24(20)23)31-18-22-17-27(25-11-5-6-13-28(25)35-22)26-15-14-21(30(32)33)16-29(26)34-2/h3-16,19,22,27,31H,17-18H2,1-2H3,(H,32,33)/t19?,22-,27+/m1/s1. The van der Waals surface area contributed by atoms with Gasteiger partial charge in [-0.15, -0.1) is 0 Å². The summed E-state index contributed by atoms with van der Waals surface area (Å²) >= 11 is 0. The van der Waals surface area contributed by atoms with Crippen molar-refractivity contribution in [3.05, 3.63) is 107 Å². The number of carboxylic acids is 1.